The molecule has 3 aliphatic rings. The third-order valence-corrected chi connectivity index (χ3v) is 2.79. The molecule has 3 rings (SSSR count). The van der Waals surface area contributed by atoms with Crippen molar-refractivity contribution in [3.63, 3.8) is 0 Å². The van der Waals surface area contributed by atoms with Gasteiger partial charge in [-0.15, -0.1) is 24.0 Å². The number of alkyl halides is 1. The van der Waals surface area contributed by atoms with E-state index in [9.17, 15) is 0 Å². The van der Waals surface area contributed by atoms with Crippen LogP contribution in [0.3, 0.4) is 0 Å². The van der Waals surface area contributed by atoms with Gasteiger partial charge in [-0.05, 0) is 12.8 Å². The fraction of sp³-hybridized carbons (Fsp3) is 1.00. The van der Waals surface area contributed by atoms with Gasteiger partial charge in [0.2, 0.25) is 0 Å². The zero-order valence-electron chi connectivity index (χ0n) is 5.56. The highest BCUT2D eigenvalue weighted by atomic mass is 35.5. The number of fused-ring (bicyclic) bond motifs is 1. The van der Waals surface area contributed by atoms with E-state index in [1.165, 1.54) is 0 Å². The SMILES string of the molecule is Cl.OCC12CC(Cl)(CN1)C2. The second-order valence-corrected chi connectivity index (χ2v) is 4.10. The van der Waals surface area contributed by atoms with Gasteiger partial charge in [0.05, 0.1) is 11.5 Å². The smallest absolute Gasteiger partial charge is 0.0614 e. The first kappa shape index (κ1) is 8.60. The van der Waals surface area contributed by atoms with Crippen LogP contribution in [0.2, 0.25) is 0 Å². The minimum atomic E-state index is 0. The number of aliphatic hydroxyl groups excluding tert-OH is 1. The van der Waals surface area contributed by atoms with Crippen LogP contribution in [0.25, 0.3) is 0 Å². The summed E-state index contributed by atoms with van der Waals surface area (Å²) in [5.74, 6) is 0. The summed E-state index contributed by atoms with van der Waals surface area (Å²) in [7, 11) is 0. The van der Waals surface area contributed by atoms with Crippen LogP contribution in [0.15, 0.2) is 0 Å². The maximum absolute atomic E-state index is 8.86. The maximum Gasteiger partial charge on any atom is 0.0614 e. The molecule has 0 radical (unpaired) electrons. The van der Waals surface area contributed by atoms with E-state index in [4.69, 9.17) is 16.7 Å². The van der Waals surface area contributed by atoms with Crippen molar-refractivity contribution in [2.75, 3.05) is 13.2 Å². The summed E-state index contributed by atoms with van der Waals surface area (Å²) in [5, 5.41) is 12.1. The van der Waals surface area contributed by atoms with E-state index >= 15 is 0 Å². The second kappa shape index (κ2) is 2.24. The molecule has 1 aliphatic carbocycles. The summed E-state index contributed by atoms with van der Waals surface area (Å²) in [5.41, 5.74) is 0.0156. The van der Waals surface area contributed by atoms with Gasteiger partial charge in [0, 0.05) is 12.1 Å². The van der Waals surface area contributed by atoms with Crippen LogP contribution >= 0.6 is 24.0 Å². The standard InChI is InChI=1S/C6H10ClNO.ClH/c7-5-1-6(2-5,4-9)8-3-5;/h8-9H,1-4H2;1H. The van der Waals surface area contributed by atoms with E-state index < -0.39 is 0 Å². The number of nitrogens with one attached hydrogen (secondary N) is 1. The summed E-state index contributed by atoms with van der Waals surface area (Å²) in [4.78, 5) is 0.00271. The Morgan fingerprint density at radius 2 is 2.10 bits per heavy atom. The summed E-state index contributed by atoms with van der Waals surface area (Å²) in [6.07, 6.45) is 1.89. The van der Waals surface area contributed by atoms with Gasteiger partial charge in [-0.1, -0.05) is 0 Å². The monoisotopic (exact) mass is 183 g/mol. The first-order chi connectivity index (χ1) is 4.18. The predicted octanol–water partition coefficient (Wildman–Crippen LogP) is 0.514. The zero-order chi connectivity index (χ0) is 6.54. The lowest BCUT2D eigenvalue weighted by atomic mass is 9.73. The molecule has 2 N–H and O–H groups in total. The molecule has 2 bridgehead atoms. The highest BCUT2D eigenvalue weighted by Crippen LogP contribution is 2.51. The molecule has 0 unspecified atom stereocenters. The van der Waals surface area contributed by atoms with Gasteiger partial charge in [0.15, 0.2) is 0 Å². The molecule has 0 amide bonds. The van der Waals surface area contributed by atoms with Gasteiger partial charge in [0.25, 0.3) is 0 Å². The van der Waals surface area contributed by atoms with E-state index in [1.54, 1.807) is 0 Å². The van der Waals surface area contributed by atoms with Crippen molar-refractivity contribution in [3.8, 4) is 0 Å². The minimum Gasteiger partial charge on any atom is -0.394 e. The third-order valence-electron chi connectivity index (χ3n) is 2.39. The van der Waals surface area contributed by atoms with Gasteiger partial charge in [-0.3, -0.25) is 0 Å². The first-order valence-electron chi connectivity index (χ1n) is 3.23. The number of hydrogen-bond acceptors (Lipinski definition) is 2. The molecule has 0 aromatic carbocycles. The fourth-order valence-electron chi connectivity index (χ4n) is 1.92. The van der Waals surface area contributed by atoms with Crippen molar-refractivity contribution in [1.82, 2.24) is 5.32 Å². The van der Waals surface area contributed by atoms with Crippen LogP contribution in [-0.4, -0.2) is 28.7 Å². The number of rotatable bonds is 1. The molecule has 0 atom stereocenters. The van der Waals surface area contributed by atoms with Crippen molar-refractivity contribution in [2.45, 2.75) is 23.3 Å². The lowest BCUT2D eigenvalue weighted by Gasteiger charge is -2.40. The molecule has 60 valence electrons. The van der Waals surface area contributed by atoms with E-state index in [2.05, 4.69) is 5.32 Å². The van der Waals surface area contributed by atoms with Gasteiger partial charge in [-0.2, -0.15) is 0 Å². The normalized spacial score (nSPS) is 49.8. The topological polar surface area (TPSA) is 32.3 Å². The Labute approximate surface area is 71.4 Å². The average Bonchev–Trinajstić information content (AvgIpc) is 2.20. The van der Waals surface area contributed by atoms with Crippen molar-refractivity contribution < 1.29 is 5.11 Å². The van der Waals surface area contributed by atoms with E-state index in [1.807, 2.05) is 0 Å². The highest BCUT2D eigenvalue weighted by Gasteiger charge is 2.59. The summed E-state index contributed by atoms with van der Waals surface area (Å²) in [6, 6.07) is 0. The molecule has 4 heteroatoms. The van der Waals surface area contributed by atoms with Crippen molar-refractivity contribution in [1.29, 1.82) is 0 Å². The van der Waals surface area contributed by atoms with E-state index in [0.717, 1.165) is 19.4 Å². The quantitative estimate of drug-likeness (QED) is 0.582. The first-order valence-corrected chi connectivity index (χ1v) is 3.61. The largest absolute Gasteiger partial charge is 0.394 e. The molecule has 0 spiro atoms. The Hall–Kier alpha value is 0.500. The molecule has 0 aromatic rings. The van der Waals surface area contributed by atoms with Crippen LogP contribution in [0, 0.1) is 0 Å². The Morgan fingerprint density at radius 3 is 2.30 bits per heavy atom. The zero-order valence-corrected chi connectivity index (χ0v) is 7.13. The highest BCUT2D eigenvalue weighted by molar-refractivity contribution is 6.25. The summed E-state index contributed by atoms with van der Waals surface area (Å²) in [6.45, 7) is 1.11. The maximum atomic E-state index is 8.86. The lowest BCUT2D eigenvalue weighted by Crippen LogP contribution is -2.51. The van der Waals surface area contributed by atoms with E-state index in [0.29, 0.717) is 0 Å². The second-order valence-electron chi connectivity index (χ2n) is 3.30. The number of halogens is 2. The third kappa shape index (κ3) is 0.944. The molecule has 1 saturated carbocycles. The molecule has 2 heterocycles. The van der Waals surface area contributed by atoms with Gasteiger partial charge < -0.3 is 10.4 Å². The number of hydrogen-bond donors (Lipinski definition) is 2. The van der Waals surface area contributed by atoms with Crippen LogP contribution in [0.4, 0.5) is 0 Å². The molecular formula is C6H11Cl2NO. The van der Waals surface area contributed by atoms with E-state index in [-0.39, 0.29) is 29.4 Å². The molecular weight excluding hydrogens is 173 g/mol. The lowest BCUT2D eigenvalue weighted by molar-refractivity contribution is 0.125. The van der Waals surface area contributed by atoms with Crippen molar-refractivity contribution in [3.05, 3.63) is 0 Å². The van der Waals surface area contributed by atoms with Crippen LogP contribution in [-0.2, 0) is 0 Å². The summed E-state index contributed by atoms with van der Waals surface area (Å²) >= 11 is 6.03. The van der Waals surface area contributed by atoms with Crippen molar-refractivity contribution in [2.24, 2.45) is 0 Å². The Bertz CT molecular complexity index is 145. The van der Waals surface area contributed by atoms with Crippen molar-refractivity contribution >= 4 is 24.0 Å². The van der Waals surface area contributed by atoms with Crippen LogP contribution in [0.5, 0.6) is 0 Å². The molecule has 2 nitrogen and oxygen atoms in total. The molecule has 0 aromatic heterocycles. The van der Waals surface area contributed by atoms with Gasteiger partial charge in [0.1, 0.15) is 0 Å². The Balaban J connectivity index is 0.000000500. The van der Waals surface area contributed by atoms with Crippen LogP contribution in [0.1, 0.15) is 12.8 Å². The predicted molar refractivity (Wildman–Crippen MR) is 42.9 cm³/mol. The average molecular weight is 184 g/mol. The Kier molecular flexibility index (Phi) is 1.93. The van der Waals surface area contributed by atoms with Crippen LogP contribution < -0.4 is 5.32 Å². The fourth-order valence-corrected chi connectivity index (χ4v) is 2.50. The number of aliphatic hydroxyl groups is 1. The van der Waals surface area contributed by atoms with Gasteiger partial charge >= 0.3 is 0 Å². The minimum absolute atomic E-state index is 0. The molecule has 10 heavy (non-hydrogen) atoms. The molecule has 2 saturated heterocycles. The Morgan fingerprint density at radius 1 is 1.50 bits per heavy atom. The summed E-state index contributed by atoms with van der Waals surface area (Å²) < 4.78 is 0. The molecule has 3 fully saturated rings. The molecule has 2 aliphatic heterocycles. The van der Waals surface area contributed by atoms with Gasteiger partial charge in [-0.25, -0.2) is 0 Å².